The molecule has 1 atom stereocenters. The normalized spacial score (nSPS) is 18.2. The number of amides is 1. The van der Waals surface area contributed by atoms with Crippen LogP contribution in [0.4, 0.5) is 4.39 Å². The summed E-state index contributed by atoms with van der Waals surface area (Å²) >= 11 is 0. The van der Waals surface area contributed by atoms with Gasteiger partial charge in [0.2, 0.25) is 5.91 Å². The van der Waals surface area contributed by atoms with Gasteiger partial charge in [-0.3, -0.25) is 4.79 Å². The molecule has 0 aliphatic carbocycles. The van der Waals surface area contributed by atoms with E-state index in [4.69, 9.17) is 4.74 Å². The maximum Gasteiger partial charge on any atom is 0.227 e. The summed E-state index contributed by atoms with van der Waals surface area (Å²) in [5.74, 6) is -0.400. The van der Waals surface area contributed by atoms with Gasteiger partial charge < -0.3 is 9.64 Å². The molecule has 2 aromatic carbocycles. The first kappa shape index (κ1) is 14.7. The fourth-order valence-corrected chi connectivity index (χ4v) is 2.76. The highest BCUT2D eigenvalue weighted by Gasteiger charge is 2.28. The van der Waals surface area contributed by atoms with E-state index in [1.807, 2.05) is 30.3 Å². The van der Waals surface area contributed by atoms with E-state index in [0.29, 0.717) is 25.3 Å². The SMILES string of the molecule is O=C(Cc1ccccc1F)N1CCOCC1c1ccccc1. The number of benzene rings is 2. The molecule has 0 spiro atoms. The number of morpholine rings is 1. The van der Waals surface area contributed by atoms with Crippen LogP contribution in [0.5, 0.6) is 0 Å². The first-order chi connectivity index (χ1) is 10.8. The van der Waals surface area contributed by atoms with Crippen LogP contribution in [0.25, 0.3) is 0 Å². The van der Waals surface area contributed by atoms with Crippen LogP contribution in [0, 0.1) is 5.82 Å². The molecule has 1 aliphatic heterocycles. The second kappa shape index (κ2) is 6.71. The molecule has 0 aromatic heterocycles. The molecular weight excluding hydrogens is 281 g/mol. The molecule has 1 amide bonds. The molecule has 3 rings (SSSR count). The van der Waals surface area contributed by atoms with Gasteiger partial charge in [-0.15, -0.1) is 0 Å². The third-order valence-electron chi connectivity index (χ3n) is 3.93. The molecule has 1 aliphatic rings. The summed E-state index contributed by atoms with van der Waals surface area (Å²) in [5, 5.41) is 0. The van der Waals surface area contributed by atoms with Gasteiger partial charge in [-0.05, 0) is 17.2 Å². The van der Waals surface area contributed by atoms with E-state index in [0.717, 1.165) is 5.56 Å². The minimum absolute atomic E-state index is 0.0674. The molecular formula is C18H18FNO2. The fourth-order valence-electron chi connectivity index (χ4n) is 2.76. The van der Waals surface area contributed by atoms with Gasteiger partial charge in [-0.2, -0.15) is 0 Å². The molecule has 1 fully saturated rings. The molecule has 1 unspecified atom stereocenters. The van der Waals surface area contributed by atoms with Crippen molar-refractivity contribution in [1.29, 1.82) is 0 Å². The largest absolute Gasteiger partial charge is 0.377 e. The van der Waals surface area contributed by atoms with Crippen LogP contribution in [-0.4, -0.2) is 30.6 Å². The number of nitrogens with zero attached hydrogens (tertiary/aromatic N) is 1. The smallest absolute Gasteiger partial charge is 0.227 e. The van der Waals surface area contributed by atoms with Crippen LogP contribution in [0.3, 0.4) is 0 Å². The summed E-state index contributed by atoms with van der Waals surface area (Å²) in [5.41, 5.74) is 1.48. The molecule has 1 saturated heterocycles. The van der Waals surface area contributed by atoms with Crippen LogP contribution >= 0.6 is 0 Å². The van der Waals surface area contributed by atoms with Crippen molar-refractivity contribution >= 4 is 5.91 Å². The van der Waals surface area contributed by atoms with E-state index >= 15 is 0 Å². The Labute approximate surface area is 129 Å². The Morgan fingerprint density at radius 3 is 2.64 bits per heavy atom. The number of ether oxygens (including phenoxy) is 1. The van der Waals surface area contributed by atoms with Gasteiger partial charge in [0.1, 0.15) is 5.82 Å². The summed E-state index contributed by atoms with van der Waals surface area (Å²) in [6.45, 7) is 1.53. The Morgan fingerprint density at radius 1 is 1.14 bits per heavy atom. The van der Waals surface area contributed by atoms with Crippen LogP contribution in [-0.2, 0) is 16.0 Å². The van der Waals surface area contributed by atoms with E-state index in [1.54, 1.807) is 23.1 Å². The van der Waals surface area contributed by atoms with Crippen LogP contribution < -0.4 is 0 Å². The maximum absolute atomic E-state index is 13.7. The molecule has 3 nitrogen and oxygen atoms in total. The summed E-state index contributed by atoms with van der Waals surface area (Å²) in [6.07, 6.45) is 0.0794. The first-order valence-electron chi connectivity index (χ1n) is 7.41. The third-order valence-corrected chi connectivity index (χ3v) is 3.93. The van der Waals surface area contributed by atoms with Crippen molar-refractivity contribution in [2.45, 2.75) is 12.5 Å². The highest BCUT2D eigenvalue weighted by atomic mass is 19.1. The molecule has 0 N–H and O–H groups in total. The highest BCUT2D eigenvalue weighted by Crippen LogP contribution is 2.25. The molecule has 22 heavy (non-hydrogen) atoms. The molecule has 4 heteroatoms. The quantitative estimate of drug-likeness (QED) is 0.872. The van der Waals surface area contributed by atoms with Gasteiger partial charge in [0.15, 0.2) is 0 Å². The molecule has 0 saturated carbocycles. The zero-order chi connectivity index (χ0) is 15.4. The number of halogens is 1. The predicted octanol–water partition coefficient (Wildman–Crippen LogP) is 2.97. The molecule has 0 radical (unpaired) electrons. The van der Waals surface area contributed by atoms with Crippen molar-refractivity contribution in [3.8, 4) is 0 Å². The van der Waals surface area contributed by atoms with Gasteiger partial charge in [0.25, 0.3) is 0 Å². The monoisotopic (exact) mass is 299 g/mol. The van der Waals surface area contributed by atoms with Crippen molar-refractivity contribution in [3.05, 3.63) is 71.5 Å². The van der Waals surface area contributed by atoms with Gasteiger partial charge in [0, 0.05) is 6.54 Å². The van der Waals surface area contributed by atoms with E-state index in [2.05, 4.69) is 0 Å². The average Bonchev–Trinajstić information content (AvgIpc) is 2.58. The first-order valence-corrected chi connectivity index (χ1v) is 7.41. The molecule has 1 heterocycles. The fraction of sp³-hybridized carbons (Fsp3) is 0.278. The van der Waals surface area contributed by atoms with Crippen LogP contribution in [0.2, 0.25) is 0 Å². The molecule has 0 bridgehead atoms. The lowest BCUT2D eigenvalue weighted by Gasteiger charge is -2.36. The number of rotatable bonds is 3. The Balaban J connectivity index is 1.79. The predicted molar refractivity (Wildman–Crippen MR) is 81.8 cm³/mol. The minimum atomic E-state index is -0.333. The minimum Gasteiger partial charge on any atom is -0.377 e. The number of carbonyl (C=O) groups excluding carboxylic acids is 1. The molecule has 2 aromatic rings. The highest BCUT2D eigenvalue weighted by molar-refractivity contribution is 5.79. The summed E-state index contributed by atoms with van der Waals surface area (Å²) < 4.78 is 19.3. The standard InChI is InChI=1S/C18H18FNO2/c19-16-9-5-4-8-15(16)12-18(21)20-10-11-22-13-17(20)14-6-2-1-3-7-14/h1-9,17H,10-13H2. The van der Waals surface area contributed by atoms with Gasteiger partial charge in [0.05, 0.1) is 25.7 Å². The average molecular weight is 299 g/mol. The summed E-state index contributed by atoms with van der Waals surface area (Å²) in [7, 11) is 0. The zero-order valence-corrected chi connectivity index (χ0v) is 12.2. The van der Waals surface area contributed by atoms with Crippen molar-refractivity contribution in [1.82, 2.24) is 4.90 Å². The third kappa shape index (κ3) is 3.17. The van der Waals surface area contributed by atoms with E-state index in [9.17, 15) is 9.18 Å². The second-order valence-corrected chi connectivity index (χ2v) is 5.36. The van der Waals surface area contributed by atoms with E-state index in [1.165, 1.54) is 6.07 Å². The maximum atomic E-state index is 13.7. The Bertz CT molecular complexity index is 645. The van der Waals surface area contributed by atoms with Crippen molar-refractivity contribution in [2.75, 3.05) is 19.8 Å². The Morgan fingerprint density at radius 2 is 1.86 bits per heavy atom. The Hall–Kier alpha value is -2.20. The number of hydrogen-bond donors (Lipinski definition) is 0. The lowest BCUT2D eigenvalue weighted by Crippen LogP contribution is -2.44. The van der Waals surface area contributed by atoms with E-state index < -0.39 is 0 Å². The van der Waals surface area contributed by atoms with Crippen LogP contribution in [0.15, 0.2) is 54.6 Å². The molecule has 114 valence electrons. The van der Waals surface area contributed by atoms with Crippen molar-refractivity contribution in [3.63, 3.8) is 0 Å². The van der Waals surface area contributed by atoms with Gasteiger partial charge in [-0.25, -0.2) is 4.39 Å². The lowest BCUT2D eigenvalue weighted by atomic mass is 10.0. The Kier molecular flexibility index (Phi) is 4.49. The summed E-state index contributed by atoms with van der Waals surface area (Å²) in [4.78, 5) is 14.4. The second-order valence-electron chi connectivity index (χ2n) is 5.36. The zero-order valence-electron chi connectivity index (χ0n) is 12.2. The topological polar surface area (TPSA) is 29.5 Å². The lowest BCUT2D eigenvalue weighted by molar-refractivity contribution is -0.139. The van der Waals surface area contributed by atoms with E-state index in [-0.39, 0.29) is 24.2 Å². The van der Waals surface area contributed by atoms with Crippen molar-refractivity contribution < 1.29 is 13.9 Å². The number of hydrogen-bond acceptors (Lipinski definition) is 2. The van der Waals surface area contributed by atoms with Crippen molar-refractivity contribution in [2.24, 2.45) is 0 Å². The van der Waals surface area contributed by atoms with Gasteiger partial charge >= 0.3 is 0 Å². The van der Waals surface area contributed by atoms with Gasteiger partial charge in [-0.1, -0.05) is 48.5 Å². The number of carbonyl (C=O) groups is 1. The van der Waals surface area contributed by atoms with Crippen LogP contribution in [0.1, 0.15) is 17.2 Å². The summed E-state index contributed by atoms with van der Waals surface area (Å²) in [6, 6.07) is 16.1.